The van der Waals surface area contributed by atoms with Crippen LogP contribution in [0.25, 0.3) is 5.57 Å². The highest BCUT2D eigenvalue weighted by atomic mass is 16.2. The van der Waals surface area contributed by atoms with Gasteiger partial charge in [0.1, 0.15) is 5.70 Å². The zero-order valence-corrected chi connectivity index (χ0v) is 17.7. The van der Waals surface area contributed by atoms with Crippen LogP contribution in [0.3, 0.4) is 0 Å². The lowest BCUT2D eigenvalue weighted by atomic mass is 10.0. The van der Waals surface area contributed by atoms with Gasteiger partial charge in [0.2, 0.25) is 0 Å². The maximum absolute atomic E-state index is 13.5. The number of rotatable bonds is 5. The van der Waals surface area contributed by atoms with Gasteiger partial charge in [-0.15, -0.1) is 0 Å². The van der Waals surface area contributed by atoms with E-state index in [1.807, 2.05) is 66.7 Å². The molecule has 6 nitrogen and oxygen atoms in total. The number of carbonyl (C=O) groups excluding carboxylic acids is 2. The summed E-state index contributed by atoms with van der Waals surface area (Å²) in [5.74, 6) is -0.500. The van der Waals surface area contributed by atoms with Gasteiger partial charge in [0, 0.05) is 38.1 Å². The Morgan fingerprint density at radius 3 is 1.97 bits per heavy atom. The van der Waals surface area contributed by atoms with Crippen molar-refractivity contribution in [2.75, 3.05) is 31.1 Å². The number of pyridine rings is 1. The number of amides is 2. The van der Waals surface area contributed by atoms with Crippen LogP contribution < -0.4 is 4.90 Å². The molecule has 0 unspecified atom stereocenters. The number of hydrogen-bond acceptors (Lipinski definition) is 5. The molecule has 0 spiro atoms. The lowest BCUT2D eigenvalue weighted by Crippen LogP contribution is -2.47. The zero-order valence-electron chi connectivity index (χ0n) is 17.7. The molecule has 0 N–H and O–H groups in total. The van der Waals surface area contributed by atoms with Gasteiger partial charge in [-0.2, -0.15) is 0 Å². The first-order chi connectivity index (χ1) is 15.7. The Kier molecular flexibility index (Phi) is 5.42. The number of carbonyl (C=O) groups is 2. The van der Waals surface area contributed by atoms with Crippen LogP contribution in [-0.2, 0) is 16.1 Å². The third-order valence-electron chi connectivity index (χ3n) is 5.97. The third kappa shape index (κ3) is 3.75. The first-order valence-electron chi connectivity index (χ1n) is 10.8. The average molecular weight is 425 g/mol. The van der Waals surface area contributed by atoms with Crippen LogP contribution in [0.1, 0.15) is 11.3 Å². The maximum atomic E-state index is 13.5. The molecule has 2 aliphatic rings. The molecule has 6 heteroatoms. The summed E-state index contributed by atoms with van der Waals surface area (Å²) in [6, 6.07) is 25.3. The van der Waals surface area contributed by atoms with E-state index in [0.29, 0.717) is 30.1 Å². The van der Waals surface area contributed by atoms with Crippen LogP contribution in [0.4, 0.5) is 5.69 Å². The molecule has 0 aliphatic carbocycles. The Bertz CT molecular complexity index is 1140. The van der Waals surface area contributed by atoms with Gasteiger partial charge in [0.25, 0.3) is 11.8 Å². The summed E-state index contributed by atoms with van der Waals surface area (Å²) in [5.41, 5.74) is 3.63. The smallest absolute Gasteiger partial charge is 0.278 e. The summed E-state index contributed by atoms with van der Waals surface area (Å²) >= 11 is 0. The quantitative estimate of drug-likeness (QED) is 0.589. The number of nitrogens with zero attached hydrogens (tertiary/aromatic N) is 4. The highest BCUT2D eigenvalue weighted by molar-refractivity contribution is 6.35. The highest BCUT2D eigenvalue weighted by Gasteiger charge is 2.42. The minimum absolute atomic E-state index is 0.169. The number of benzene rings is 2. The van der Waals surface area contributed by atoms with E-state index in [9.17, 15) is 9.59 Å². The molecule has 2 amide bonds. The maximum Gasteiger partial charge on any atom is 0.278 e. The second kappa shape index (κ2) is 8.67. The molecular formula is C26H24N4O2. The van der Waals surface area contributed by atoms with Crippen molar-refractivity contribution in [1.82, 2.24) is 14.8 Å². The van der Waals surface area contributed by atoms with Crippen LogP contribution in [0, 0.1) is 0 Å². The molecule has 0 bridgehead atoms. The molecule has 32 heavy (non-hydrogen) atoms. The molecule has 0 atom stereocenters. The molecule has 1 aromatic heterocycles. The number of anilines is 1. The number of para-hydroxylation sites is 1. The normalized spacial score (nSPS) is 16.8. The lowest BCUT2D eigenvalue weighted by Gasteiger charge is -2.37. The van der Waals surface area contributed by atoms with E-state index < -0.39 is 0 Å². The molecule has 160 valence electrons. The second-order valence-corrected chi connectivity index (χ2v) is 7.92. The standard InChI is InChI=1S/C26H24N4O2/c31-25-23(20-9-3-1-4-10-20)24(26(32)30(25)19-21-11-7-8-14-27-21)29-17-15-28(16-18-29)22-12-5-2-6-13-22/h1-14H,15-19H2. The first kappa shape index (κ1) is 20.0. The minimum atomic E-state index is -0.257. The van der Waals surface area contributed by atoms with Crippen molar-refractivity contribution in [3.8, 4) is 0 Å². The number of piperazine rings is 1. The first-order valence-corrected chi connectivity index (χ1v) is 10.8. The SMILES string of the molecule is O=C1C(c2ccccc2)=C(N2CCN(c3ccccc3)CC2)C(=O)N1Cc1ccccn1. The van der Waals surface area contributed by atoms with Gasteiger partial charge in [-0.3, -0.25) is 19.5 Å². The lowest BCUT2D eigenvalue weighted by molar-refractivity contribution is -0.138. The van der Waals surface area contributed by atoms with E-state index in [2.05, 4.69) is 26.9 Å². The van der Waals surface area contributed by atoms with Crippen molar-refractivity contribution in [2.45, 2.75) is 6.54 Å². The largest absolute Gasteiger partial charge is 0.368 e. The Balaban J connectivity index is 1.44. The number of hydrogen-bond donors (Lipinski definition) is 0. The van der Waals surface area contributed by atoms with Gasteiger partial charge >= 0.3 is 0 Å². The van der Waals surface area contributed by atoms with Crippen molar-refractivity contribution in [1.29, 1.82) is 0 Å². The Morgan fingerprint density at radius 1 is 0.688 bits per heavy atom. The number of aromatic nitrogens is 1. The fraction of sp³-hybridized carbons (Fsp3) is 0.192. The Hall–Kier alpha value is -3.93. The van der Waals surface area contributed by atoms with Gasteiger partial charge in [0.15, 0.2) is 0 Å². The molecule has 0 saturated carbocycles. The van der Waals surface area contributed by atoms with Crippen molar-refractivity contribution < 1.29 is 9.59 Å². The summed E-state index contributed by atoms with van der Waals surface area (Å²) in [4.78, 5) is 37.0. The zero-order chi connectivity index (χ0) is 21.9. The van der Waals surface area contributed by atoms with E-state index >= 15 is 0 Å². The van der Waals surface area contributed by atoms with E-state index in [0.717, 1.165) is 18.7 Å². The summed E-state index contributed by atoms with van der Waals surface area (Å²) < 4.78 is 0. The minimum Gasteiger partial charge on any atom is -0.368 e. The monoisotopic (exact) mass is 424 g/mol. The van der Waals surface area contributed by atoms with Crippen molar-refractivity contribution in [3.63, 3.8) is 0 Å². The molecule has 2 aromatic carbocycles. The fourth-order valence-corrected chi connectivity index (χ4v) is 4.35. The topological polar surface area (TPSA) is 56.8 Å². The molecular weight excluding hydrogens is 400 g/mol. The third-order valence-corrected chi connectivity index (χ3v) is 5.97. The predicted molar refractivity (Wildman–Crippen MR) is 123 cm³/mol. The summed E-state index contributed by atoms with van der Waals surface area (Å²) in [6.45, 7) is 3.10. The fourth-order valence-electron chi connectivity index (χ4n) is 4.35. The van der Waals surface area contributed by atoms with Gasteiger partial charge in [-0.1, -0.05) is 54.6 Å². The molecule has 0 radical (unpaired) electrons. The van der Waals surface area contributed by atoms with Crippen molar-refractivity contribution >= 4 is 23.1 Å². The molecule has 2 aliphatic heterocycles. The van der Waals surface area contributed by atoms with Crippen LogP contribution >= 0.6 is 0 Å². The Morgan fingerprint density at radius 2 is 1.31 bits per heavy atom. The molecule has 3 aromatic rings. The second-order valence-electron chi connectivity index (χ2n) is 7.92. The summed E-state index contributed by atoms with van der Waals surface area (Å²) in [5, 5.41) is 0. The van der Waals surface area contributed by atoms with Crippen LogP contribution in [0.2, 0.25) is 0 Å². The van der Waals surface area contributed by atoms with Crippen LogP contribution in [-0.4, -0.2) is 52.8 Å². The van der Waals surface area contributed by atoms with Crippen molar-refractivity contribution in [2.24, 2.45) is 0 Å². The molecule has 1 fully saturated rings. The Labute approximate surface area is 187 Å². The van der Waals surface area contributed by atoms with E-state index in [1.165, 1.54) is 10.6 Å². The van der Waals surface area contributed by atoms with Gasteiger partial charge in [0.05, 0.1) is 17.8 Å². The molecule has 1 saturated heterocycles. The van der Waals surface area contributed by atoms with Gasteiger partial charge in [-0.25, -0.2) is 0 Å². The summed E-state index contributed by atoms with van der Waals surface area (Å²) in [7, 11) is 0. The van der Waals surface area contributed by atoms with Crippen LogP contribution in [0.5, 0.6) is 0 Å². The average Bonchev–Trinajstić information content (AvgIpc) is 3.10. The van der Waals surface area contributed by atoms with E-state index in [-0.39, 0.29) is 18.4 Å². The molecule has 3 heterocycles. The van der Waals surface area contributed by atoms with Gasteiger partial charge < -0.3 is 9.80 Å². The van der Waals surface area contributed by atoms with Crippen molar-refractivity contribution in [3.05, 3.63) is 102 Å². The summed E-state index contributed by atoms with van der Waals surface area (Å²) in [6.07, 6.45) is 1.68. The van der Waals surface area contributed by atoms with E-state index in [4.69, 9.17) is 0 Å². The predicted octanol–water partition coefficient (Wildman–Crippen LogP) is 3.18. The molecule has 5 rings (SSSR count). The number of imide groups is 1. The van der Waals surface area contributed by atoms with E-state index in [1.54, 1.807) is 6.20 Å². The van der Waals surface area contributed by atoms with Crippen LogP contribution in [0.15, 0.2) is 90.8 Å². The van der Waals surface area contributed by atoms with Gasteiger partial charge in [-0.05, 0) is 29.8 Å². The highest BCUT2D eigenvalue weighted by Crippen LogP contribution is 2.33.